The van der Waals surface area contributed by atoms with E-state index in [9.17, 15) is 4.79 Å². The largest absolute Gasteiger partial charge is 0.373 e. The van der Waals surface area contributed by atoms with Crippen molar-refractivity contribution in [3.05, 3.63) is 0 Å². The second-order valence-electron chi connectivity index (χ2n) is 5.24. The number of nitrogens with one attached hydrogen (secondary N) is 2. The lowest BCUT2D eigenvalue weighted by molar-refractivity contribution is -0.123. The van der Waals surface area contributed by atoms with E-state index in [0.29, 0.717) is 18.9 Å². The lowest BCUT2D eigenvalue weighted by Gasteiger charge is -2.23. The van der Waals surface area contributed by atoms with Gasteiger partial charge in [0.25, 0.3) is 0 Å². The first-order valence-electron chi connectivity index (χ1n) is 6.29. The Kier molecular flexibility index (Phi) is 5.70. The van der Waals surface area contributed by atoms with Gasteiger partial charge < -0.3 is 15.4 Å². The van der Waals surface area contributed by atoms with Crippen molar-refractivity contribution in [2.75, 3.05) is 26.2 Å². The molecule has 0 aromatic heterocycles. The number of amides is 1. The molecular weight excluding hydrogens is 240 g/mol. The van der Waals surface area contributed by atoms with E-state index in [0.717, 1.165) is 39.0 Å². The van der Waals surface area contributed by atoms with Crippen molar-refractivity contribution in [1.29, 1.82) is 0 Å². The number of ether oxygens (including phenoxy) is 1. The minimum atomic E-state index is -0.121. The molecule has 0 bridgehead atoms. The van der Waals surface area contributed by atoms with Crippen LogP contribution in [0.15, 0.2) is 0 Å². The van der Waals surface area contributed by atoms with Crippen molar-refractivity contribution in [3.8, 4) is 0 Å². The predicted molar refractivity (Wildman–Crippen MR) is 69.4 cm³/mol. The third kappa shape index (κ3) is 4.45. The molecule has 2 N–H and O–H groups in total. The molecule has 2 rings (SSSR count). The molecule has 0 aromatic rings. The highest BCUT2D eigenvalue weighted by Gasteiger charge is 2.30. The molecule has 0 radical (unpaired) electrons. The molecule has 17 heavy (non-hydrogen) atoms. The molecule has 4 nitrogen and oxygen atoms in total. The Labute approximate surface area is 109 Å². The highest BCUT2D eigenvalue weighted by molar-refractivity contribution is 5.85. The van der Waals surface area contributed by atoms with Crippen molar-refractivity contribution < 1.29 is 9.53 Å². The molecule has 0 saturated carbocycles. The lowest BCUT2D eigenvalue weighted by Crippen LogP contribution is -2.40. The first-order valence-corrected chi connectivity index (χ1v) is 6.29. The Morgan fingerprint density at radius 3 is 3.00 bits per heavy atom. The van der Waals surface area contributed by atoms with Crippen LogP contribution in [-0.4, -0.2) is 37.7 Å². The second-order valence-corrected chi connectivity index (χ2v) is 5.24. The van der Waals surface area contributed by atoms with E-state index < -0.39 is 0 Å². The van der Waals surface area contributed by atoms with Crippen LogP contribution in [0, 0.1) is 5.92 Å². The Morgan fingerprint density at radius 2 is 2.41 bits per heavy atom. The molecule has 2 unspecified atom stereocenters. The number of hydrogen-bond donors (Lipinski definition) is 2. The fourth-order valence-electron chi connectivity index (χ4n) is 2.48. The van der Waals surface area contributed by atoms with Crippen LogP contribution in [0.5, 0.6) is 0 Å². The van der Waals surface area contributed by atoms with Gasteiger partial charge in [0, 0.05) is 19.6 Å². The molecule has 0 aromatic carbocycles. The van der Waals surface area contributed by atoms with Gasteiger partial charge in [0.15, 0.2) is 0 Å². The van der Waals surface area contributed by atoms with Crippen molar-refractivity contribution in [1.82, 2.24) is 10.6 Å². The van der Waals surface area contributed by atoms with Crippen molar-refractivity contribution in [2.45, 2.75) is 38.2 Å². The Morgan fingerprint density at radius 1 is 1.59 bits per heavy atom. The van der Waals surface area contributed by atoms with E-state index in [-0.39, 0.29) is 23.9 Å². The SMILES string of the molecule is CC1(CNC(=O)CC2CCNC2)CCCO1.Cl. The topological polar surface area (TPSA) is 50.4 Å². The summed E-state index contributed by atoms with van der Waals surface area (Å²) in [4.78, 5) is 11.7. The Hall–Kier alpha value is -0.320. The number of carbonyl (C=O) groups excluding carboxylic acids is 1. The summed E-state index contributed by atoms with van der Waals surface area (Å²) < 4.78 is 5.63. The van der Waals surface area contributed by atoms with Gasteiger partial charge >= 0.3 is 0 Å². The van der Waals surface area contributed by atoms with Crippen LogP contribution in [0.4, 0.5) is 0 Å². The molecule has 2 aliphatic rings. The average Bonchev–Trinajstić information content (AvgIpc) is 2.88. The molecule has 100 valence electrons. The van der Waals surface area contributed by atoms with Crippen LogP contribution in [0.1, 0.15) is 32.6 Å². The third-order valence-electron chi connectivity index (χ3n) is 3.60. The molecule has 2 heterocycles. The quantitative estimate of drug-likeness (QED) is 0.798. The van der Waals surface area contributed by atoms with Gasteiger partial charge in [0.2, 0.25) is 5.91 Å². The normalized spacial score (nSPS) is 32.2. The highest BCUT2D eigenvalue weighted by atomic mass is 35.5. The summed E-state index contributed by atoms with van der Waals surface area (Å²) in [5.41, 5.74) is -0.121. The molecule has 0 spiro atoms. The summed E-state index contributed by atoms with van der Waals surface area (Å²) in [6, 6.07) is 0. The van der Waals surface area contributed by atoms with Gasteiger partial charge in [-0.1, -0.05) is 0 Å². The van der Waals surface area contributed by atoms with Gasteiger partial charge in [-0.2, -0.15) is 0 Å². The maximum Gasteiger partial charge on any atom is 0.220 e. The van der Waals surface area contributed by atoms with Crippen LogP contribution in [-0.2, 0) is 9.53 Å². The van der Waals surface area contributed by atoms with Crippen molar-refractivity contribution in [2.24, 2.45) is 5.92 Å². The van der Waals surface area contributed by atoms with Crippen LogP contribution >= 0.6 is 12.4 Å². The monoisotopic (exact) mass is 262 g/mol. The summed E-state index contributed by atoms with van der Waals surface area (Å²) in [5.74, 6) is 0.697. The highest BCUT2D eigenvalue weighted by Crippen LogP contribution is 2.24. The van der Waals surface area contributed by atoms with E-state index in [4.69, 9.17) is 4.74 Å². The summed E-state index contributed by atoms with van der Waals surface area (Å²) >= 11 is 0. The lowest BCUT2D eigenvalue weighted by atomic mass is 10.0. The van der Waals surface area contributed by atoms with Crippen LogP contribution in [0.25, 0.3) is 0 Å². The summed E-state index contributed by atoms with van der Waals surface area (Å²) in [7, 11) is 0. The van der Waals surface area contributed by atoms with E-state index in [1.165, 1.54) is 0 Å². The first kappa shape index (κ1) is 14.7. The van der Waals surface area contributed by atoms with Crippen LogP contribution < -0.4 is 10.6 Å². The third-order valence-corrected chi connectivity index (χ3v) is 3.60. The number of halogens is 1. The van der Waals surface area contributed by atoms with Gasteiger partial charge in [-0.05, 0) is 45.2 Å². The van der Waals surface area contributed by atoms with E-state index >= 15 is 0 Å². The van der Waals surface area contributed by atoms with Gasteiger partial charge in [-0.3, -0.25) is 4.79 Å². The molecule has 2 saturated heterocycles. The molecule has 0 aliphatic carbocycles. The molecule has 2 atom stereocenters. The molecule has 5 heteroatoms. The maximum atomic E-state index is 11.7. The minimum Gasteiger partial charge on any atom is -0.373 e. The molecule has 2 fully saturated rings. The zero-order chi connectivity index (χ0) is 11.4. The smallest absolute Gasteiger partial charge is 0.220 e. The first-order chi connectivity index (χ1) is 7.68. The van der Waals surface area contributed by atoms with Crippen LogP contribution in [0.3, 0.4) is 0 Å². The second kappa shape index (κ2) is 6.57. The van der Waals surface area contributed by atoms with Gasteiger partial charge in [-0.15, -0.1) is 12.4 Å². The summed E-state index contributed by atoms with van der Waals surface area (Å²) in [6.45, 7) is 5.61. The number of hydrogen-bond acceptors (Lipinski definition) is 3. The summed E-state index contributed by atoms with van der Waals surface area (Å²) in [5, 5.41) is 6.28. The average molecular weight is 263 g/mol. The molecular formula is C12H23ClN2O2. The zero-order valence-corrected chi connectivity index (χ0v) is 11.3. The Bertz CT molecular complexity index is 249. The Balaban J connectivity index is 0.00000144. The van der Waals surface area contributed by atoms with Gasteiger partial charge in [0.1, 0.15) is 0 Å². The van der Waals surface area contributed by atoms with E-state index in [1.54, 1.807) is 0 Å². The number of rotatable bonds is 4. The summed E-state index contributed by atoms with van der Waals surface area (Å²) in [6.07, 6.45) is 3.95. The van der Waals surface area contributed by atoms with E-state index in [1.807, 2.05) is 0 Å². The molecule has 2 aliphatic heterocycles. The molecule has 1 amide bonds. The number of carbonyl (C=O) groups is 1. The van der Waals surface area contributed by atoms with Gasteiger partial charge in [0.05, 0.1) is 5.60 Å². The maximum absolute atomic E-state index is 11.7. The van der Waals surface area contributed by atoms with E-state index in [2.05, 4.69) is 17.6 Å². The van der Waals surface area contributed by atoms with Crippen LogP contribution in [0.2, 0.25) is 0 Å². The van der Waals surface area contributed by atoms with Crippen molar-refractivity contribution >= 4 is 18.3 Å². The zero-order valence-electron chi connectivity index (χ0n) is 10.5. The fourth-order valence-corrected chi connectivity index (χ4v) is 2.48. The predicted octanol–water partition coefficient (Wildman–Crippen LogP) is 1.09. The van der Waals surface area contributed by atoms with Crippen molar-refractivity contribution in [3.63, 3.8) is 0 Å². The van der Waals surface area contributed by atoms with Gasteiger partial charge in [-0.25, -0.2) is 0 Å². The standard InChI is InChI=1S/C12H22N2O2.ClH/c1-12(4-2-6-16-12)9-14-11(15)7-10-3-5-13-8-10;/h10,13H,2-9H2,1H3,(H,14,15);1H. The fraction of sp³-hybridized carbons (Fsp3) is 0.917. The minimum absolute atomic E-state index is 0.